The second kappa shape index (κ2) is 6.72. The van der Waals surface area contributed by atoms with Crippen LogP contribution in [0, 0.1) is 0 Å². The molecule has 1 aromatic heterocycles. The number of aromatic nitrogens is 2. The van der Waals surface area contributed by atoms with Crippen molar-refractivity contribution in [3.8, 4) is 0 Å². The lowest BCUT2D eigenvalue weighted by Crippen LogP contribution is -2.29. The Morgan fingerprint density at radius 3 is 2.60 bits per heavy atom. The molecule has 3 rings (SSSR count). The van der Waals surface area contributed by atoms with E-state index in [2.05, 4.69) is 20.5 Å². The number of nitrogens with one attached hydrogen (secondary N) is 2. The van der Waals surface area contributed by atoms with Crippen LogP contribution in [0.25, 0.3) is 11.0 Å². The lowest BCUT2D eigenvalue weighted by molar-refractivity contribution is 0.724. The number of para-hydroxylation sites is 2. The molecule has 5 nitrogen and oxygen atoms in total. The Morgan fingerprint density at radius 1 is 1.10 bits per heavy atom. The number of hydrogen-bond acceptors (Lipinski definition) is 5. The van der Waals surface area contributed by atoms with Crippen LogP contribution in [0.1, 0.15) is 6.42 Å². The first-order valence-electron chi connectivity index (χ1n) is 6.78. The second-order valence-corrected chi connectivity index (χ2v) is 4.73. The summed E-state index contributed by atoms with van der Waals surface area (Å²) >= 11 is 0. The maximum Gasteiger partial charge on any atom is 0.172 e. The van der Waals surface area contributed by atoms with E-state index in [0.29, 0.717) is 0 Å². The Morgan fingerprint density at radius 2 is 1.85 bits per heavy atom. The van der Waals surface area contributed by atoms with Crippen LogP contribution in [0.4, 0.5) is 11.6 Å². The molecule has 20 heavy (non-hydrogen) atoms. The SMILES string of the molecule is CNc1nc2ccccc2nc1N1CCCNCC1.Cl. The Bertz CT molecular complexity index is 566. The molecule has 2 N–H and O–H groups in total. The molecule has 0 radical (unpaired) electrons. The molecular formula is C14H20ClN5. The van der Waals surface area contributed by atoms with Gasteiger partial charge in [-0.1, -0.05) is 12.1 Å². The van der Waals surface area contributed by atoms with Crippen molar-refractivity contribution in [2.45, 2.75) is 6.42 Å². The molecule has 0 bridgehead atoms. The predicted octanol–water partition coefficient (Wildman–Crippen LogP) is 1.89. The van der Waals surface area contributed by atoms with Crippen molar-refractivity contribution in [1.82, 2.24) is 15.3 Å². The Kier molecular flexibility index (Phi) is 4.98. The van der Waals surface area contributed by atoms with Crippen molar-refractivity contribution in [2.24, 2.45) is 0 Å². The smallest absolute Gasteiger partial charge is 0.172 e. The molecule has 1 aromatic carbocycles. The molecular weight excluding hydrogens is 274 g/mol. The monoisotopic (exact) mass is 293 g/mol. The largest absolute Gasteiger partial charge is 0.370 e. The topological polar surface area (TPSA) is 53.1 Å². The summed E-state index contributed by atoms with van der Waals surface area (Å²) in [6.45, 7) is 4.07. The molecule has 108 valence electrons. The van der Waals surface area contributed by atoms with E-state index in [1.165, 1.54) is 0 Å². The number of benzene rings is 1. The summed E-state index contributed by atoms with van der Waals surface area (Å²) in [7, 11) is 1.90. The van der Waals surface area contributed by atoms with Crippen molar-refractivity contribution in [1.29, 1.82) is 0 Å². The van der Waals surface area contributed by atoms with Crippen LogP contribution in [0.3, 0.4) is 0 Å². The molecule has 6 heteroatoms. The molecule has 1 aliphatic heterocycles. The van der Waals surface area contributed by atoms with Crippen molar-refractivity contribution in [3.63, 3.8) is 0 Å². The third-order valence-corrected chi connectivity index (χ3v) is 3.43. The standard InChI is InChI=1S/C14H19N5.ClH/c1-15-13-14(19-9-4-7-16-8-10-19)18-12-6-3-2-5-11(12)17-13;/h2-3,5-6,16H,4,7-10H2,1H3,(H,15,17);1H. The van der Waals surface area contributed by atoms with Crippen molar-refractivity contribution >= 4 is 35.1 Å². The van der Waals surface area contributed by atoms with E-state index in [-0.39, 0.29) is 12.4 Å². The quantitative estimate of drug-likeness (QED) is 0.886. The minimum atomic E-state index is 0. The summed E-state index contributed by atoms with van der Waals surface area (Å²) in [5, 5.41) is 6.58. The molecule has 0 unspecified atom stereocenters. The number of fused-ring (bicyclic) bond motifs is 1. The maximum atomic E-state index is 4.78. The van der Waals surface area contributed by atoms with Gasteiger partial charge in [0.25, 0.3) is 0 Å². The van der Waals surface area contributed by atoms with Gasteiger partial charge in [-0.2, -0.15) is 0 Å². The van der Waals surface area contributed by atoms with Gasteiger partial charge in [0, 0.05) is 26.7 Å². The van der Waals surface area contributed by atoms with Gasteiger partial charge in [0.15, 0.2) is 11.6 Å². The first-order valence-corrected chi connectivity index (χ1v) is 6.78. The van der Waals surface area contributed by atoms with Gasteiger partial charge in [0.1, 0.15) is 0 Å². The Balaban J connectivity index is 0.00000147. The molecule has 2 aromatic rings. The van der Waals surface area contributed by atoms with E-state index in [1.807, 2.05) is 31.3 Å². The molecule has 1 fully saturated rings. The Hall–Kier alpha value is -1.59. The molecule has 0 aliphatic carbocycles. The van der Waals surface area contributed by atoms with Crippen LogP contribution in [-0.2, 0) is 0 Å². The van der Waals surface area contributed by atoms with Gasteiger partial charge < -0.3 is 15.5 Å². The fraction of sp³-hybridized carbons (Fsp3) is 0.429. The zero-order valence-electron chi connectivity index (χ0n) is 11.6. The normalized spacial score (nSPS) is 15.6. The van der Waals surface area contributed by atoms with Crippen LogP contribution in [0.5, 0.6) is 0 Å². The van der Waals surface area contributed by atoms with Crippen LogP contribution >= 0.6 is 12.4 Å². The summed E-state index contributed by atoms with van der Waals surface area (Å²) < 4.78 is 0. The molecule has 1 saturated heterocycles. The fourth-order valence-corrected chi connectivity index (χ4v) is 2.44. The minimum Gasteiger partial charge on any atom is -0.370 e. The Labute approximate surface area is 125 Å². The van der Waals surface area contributed by atoms with Crippen molar-refractivity contribution in [2.75, 3.05) is 43.4 Å². The van der Waals surface area contributed by atoms with Gasteiger partial charge >= 0.3 is 0 Å². The van der Waals surface area contributed by atoms with E-state index in [1.54, 1.807) is 0 Å². The highest BCUT2D eigenvalue weighted by molar-refractivity contribution is 5.85. The minimum absolute atomic E-state index is 0. The first-order chi connectivity index (χ1) is 9.38. The number of halogens is 1. The zero-order valence-corrected chi connectivity index (χ0v) is 12.4. The van der Waals surface area contributed by atoms with Gasteiger partial charge in [0.2, 0.25) is 0 Å². The zero-order chi connectivity index (χ0) is 13.1. The van der Waals surface area contributed by atoms with Gasteiger partial charge in [-0.05, 0) is 25.1 Å². The van der Waals surface area contributed by atoms with Gasteiger partial charge in [-0.15, -0.1) is 12.4 Å². The molecule has 2 heterocycles. The molecule has 0 spiro atoms. The van der Waals surface area contributed by atoms with Crippen molar-refractivity contribution in [3.05, 3.63) is 24.3 Å². The lowest BCUT2D eigenvalue weighted by Gasteiger charge is -2.23. The first kappa shape index (κ1) is 14.8. The molecule has 0 atom stereocenters. The van der Waals surface area contributed by atoms with Crippen LogP contribution in [0.2, 0.25) is 0 Å². The summed E-state index contributed by atoms with van der Waals surface area (Å²) in [6, 6.07) is 8.01. The molecule has 0 saturated carbocycles. The summed E-state index contributed by atoms with van der Waals surface area (Å²) in [4.78, 5) is 11.8. The second-order valence-electron chi connectivity index (χ2n) is 4.73. The number of rotatable bonds is 2. The summed E-state index contributed by atoms with van der Waals surface area (Å²) in [5.41, 5.74) is 1.89. The number of hydrogen-bond donors (Lipinski definition) is 2. The third-order valence-electron chi connectivity index (χ3n) is 3.43. The van der Waals surface area contributed by atoms with Gasteiger partial charge in [0.05, 0.1) is 11.0 Å². The summed E-state index contributed by atoms with van der Waals surface area (Å²) in [6.07, 6.45) is 1.14. The highest BCUT2D eigenvalue weighted by atomic mass is 35.5. The van der Waals surface area contributed by atoms with Crippen LogP contribution in [0.15, 0.2) is 24.3 Å². The van der Waals surface area contributed by atoms with E-state index in [0.717, 1.165) is 55.3 Å². The van der Waals surface area contributed by atoms with Gasteiger partial charge in [-0.3, -0.25) is 0 Å². The predicted molar refractivity (Wildman–Crippen MR) is 86.0 cm³/mol. The fourth-order valence-electron chi connectivity index (χ4n) is 2.44. The van der Waals surface area contributed by atoms with E-state index in [9.17, 15) is 0 Å². The maximum absolute atomic E-state index is 4.78. The van der Waals surface area contributed by atoms with Crippen LogP contribution in [-0.4, -0.2) is 43.2 Å². The van der Waals surface area contributed by atoms with Gasteiger partial charge in [-0.25, -0.2) is 9.97 Å². The molecule has 1 aliphatic rings. The molecule has 0 amide bonds. The summed E-state index contributed by atoms with van der Waals surface area (Å²) in [5.74, 6) is 1.82. The van der Waals surface area contributed by atoms with E-state index in [4.69, 9.17) is 4.98 Å². The average molecular weight is 294 g/mol. The van der Waals surface area contributed by atoms with E-state index >= 15 is 0 Å². The highest BCUT2D eigenvalue weighted by Gasteiger charge is 2.16. The number of nitrogens with zero attached hydrogens (tertiary/aromatic N) is 3. The van der Waals surface area contributed by atoms with Crippen LogP contribution < -0.4 is 15.5 Å². The highest BCUT2D eigenvalue weighted by Crippen LogP contribution is 2.24. The van der Waals surface area contributed by atoms with E-state index < -0.39 is 0 Å². The third kappa shape index (κ3) is 2.94. The lowest BCUT2D eigenvalue weighted by atomic mass is 10.3. The number of anilines is 2. The van der Waals surface area contributed by atoms with Crippen molar-refractivity contribution < 1.29 is 0 Å². The average Bonchev–Trinajstić information content (AvgIpc) is 2.74.